The van der Waals surface area contributed by atoms with E-state index in [-0.39, 0.29) is 50.5 Å². The molecule has 0 amide bonds. The molecule has 7 rings (SSSR count). The van der Waals surface area contributed by atoms with Gasteiger partial charge in [0.05, 0.1) is 17.7 Å². The maximum atomic E-state index is 13.4. The van der Waals surface area contributed by atoms with E-state index in [2.05, 4.69) is 48.6 Å². The lowest BCUT2D eigenvalue weighted by Gasteiger charge is -2.37. The van der Waals surface area contributed by atoms with Crippen LogP contribution in [0.3, 0.4) is 0 Å². The van der Waals surface area contributed by atoms with Crippen molar-refractivity contribution in [1.82, 2.24) is 46.0 Å². The van der Waals surface area contributed by atoms with Crippen molar-refractivity contribution in [3.63, 3.8) is 0 Å². The zero-order valence-corrected chi connectivity index (χ0v) is 25.2. The quantitative estimate of drug-likeness (QED) is 0.120. The van der Waals surface area contributed by atoms with Crippen molar-refractivity contribution in [1.29, 1.82) is 0 Å². The summed E-state index contributed by atoms with van der Waals surface area (Å²) >= 11 is 4.74. The van der Waals surface area contributed by atoms with Crippen LogP contribution in [0.1, 0.15) is 11.5 Å². The number of aliphatic hydroxyl groups excluding tert-OH is 1. The summed E-state index contributed by atoms with van der Waals surface area (Å²) in [5, 5.41) is 26.4. The lowest BCUT2D eigenvalue weighted by atomic mass is 10.3. The van der Waals surface area contributed by atoms with E-state index < -0.39 is 44.8 Å². The molecule has 0 saturated carbocycles. The first-order valence-corrected chi connectivity index (χ1v) is 17.3. The van der Waals surface area contributed by atoms with E-state index >= 15 is 0 Å². The number of phosphoric ester groups is 1. The number of nitrogens with two attached hydrogens (primary N) is 2. The summed E-state index contributed by atoms with van der Waals surface area (Å²) in [6.07, 6.45) is -0.194. The van der Waals surface area contributed by atoms with Gasteiger partial charge in [0.25, 0.3) is 5.56 Å². The Morgan fingerprint density at radius 1 is 1.27 bits per heavy atom. The number of thioether (sulfide) groups is 1. The van der Waals surface area contributed by atoms with E-state index in [1.54, 1.807) is 11.2 Å². The lowest BCUT2D eigenvalue weighted by Crippen LogP contribution is -2.67. The van der Waals surface area contributed by atoms with Gasteiger partial charge in [-0.05, 0) is 12.2 Å². The Labute approximate surface area is 253 Å². The molecule has 4 unspecified atom stereocenters. The molecule has 0 radical (unpaired) electrons. The van der Waals surface area contributed by atoms with Crippen LogP contribution in [-0.2, 0) is 29.3 Å². The highest BCUT2D eigenvalue weighted by Gasteiger charge is 2.41. The van der Waals surface area contributed by atoms with Crippen LogP contribution in [0, 0.1) is 0 Å². The minimum atomic E-state index is -4.93. The van der Waals surface area contributed by atoms with Gasteiger partial charge in [-0.2, -0.15) is 9.67 Å². The predicted octanol–water partition coefficient (Wildman–Crippen LogP) is -0.575. The van der Waals surface area contributed by atoms with E-state index in [1.807, 2.05) is 0 Å². The van der Waals surface area contributed by atoms with Crippen molar-refractivity contribution in [2.75, 3.05) is 12.4 Å². The van der Waals surface area contributed by atoms with Gasteiger partial charge < -0.3 is 39.9 Å². The van der Waals surface area contributed by atoms with E-state index in [1.165, 1.54) is 6.07 Å². The molecule has 21 nitrogen and oxygen atoms in total. The van der Waals surface area contributed by atoms with Crippen molar-refractivity contribution in [2.45, 2.75) is 25.0 Å². The van der Waals surface area contributed by atoms with E-state index in [0.717, 1.165) is 10.9 Å². The first-order valence-electron chi connectivity index (χ1n) is 12.3. The van der Waals surface area contributed by atoms with Gasteiger partial charge in [0.1, 0.15) is 35.9 Å². The minimum Gasteiger partial charge on any atom is -0.453 e. The third-order valence-corrected chi connectivity index (χ3v) is 9.83. The van der Waals surface area contributed by atoms with Gasteiger partial charge in [0, 0.05) is 12.3 Å². The molecule has 5 atom stereocenters. The molecule has 4 aliphatic heterocycles. The van der Waals surface area contributed by atoms with Gasteiger partial charge in [-0.15, -0.1) is 5.10 Å². The summed E-state index contributed by atoms with van der Waals surface area (Å²) in [6.45, 7) is -4.68. The Bertz CT molecular complexity index is 1940. The Hall–Kier alpha value is -3.50. The molecule has 0 spiro atoms. The SMILES string of the molecule is Nc1nc2c(nnn2C2=C3OP(=O)(S)OCc4oc(C5=CNC6C(N)NCNN56)cc4OP(=O)(O)O/C=C(/S2)[C@H]3O)c(=O)[nH]1. The van der Waals surface area contributed by atoms with E-state index in [9.17, 15) is 23.9 Å². The van der Waals surface area contributed by atoms with Gasteiger partial charge in [-0.1, -0.05) is 17.0 Å². The van der Waals surface area contributed by atoms with Gasteiger partial charge in [0.15, 0.2) is 34.2 Å². The fraction of sp³-hybridized carbons (Fsp3) is 0.263. The topological polar surface area (TPSA) is 292 Å². The molecule has 0 aromatic carbocycles. The summed E-state index contributed by atoms with van der Waals surface area (Å²) < 4.78 is 54.6. The first kappa shape index (κ1) is 29.2. The van der Waals surface area contributed by atoms with Crippen LogP contribution in [0.25, 0.3) is 21.9 Å². The number of phosphoric acid groups is 1. The summed E-state index contributed by atoms with van der Waals surface area (Å²) in [4.78, 5) is 29.0. The molecule has 7 heterocycles. The van der Waals surface area contributed by atoms with Crippen LogP contribution in [0.4, 0.5) is 5.95 Å². The minimum absolute atomic E-state index is 0.103. The number of aliphatic hydroxyl groups is 1. The number of nitrogens with one attached hydrogen (secondary N) is 4. The van der Waals surface area contributed by atoms with E-state index in [0.29, 0.717) is 24.1 Å². The number of rotatable bonds is 2. The standard InChI is InChI=1S/C19H21N11O10P2S2/c20-14-16-22-2-6(29(16)24-5-23-14)7-1-8-9(38-7)3-37-42(35,43)40-13-12(31)10(4-36-41(33,34)39-8)44-18(13)30-15-11(27-28-30)17(32)26-19(21)25-15/h1-2,4,12,14,16,22-24,31H,3,5,20H2,(H,33,34)(H,35,43)(H3,21,25,26,32)/b10-4+/t12-,14?,16?,42?/m1/s1. The van der Waals surface area contributed by atoms with Crippen molar-refractivity contribution in [3.8, 4) is 5.75 Å². The van der Waals surface area contributed by atoms with Crippen LogP contribution in [0.2, 0.25) is 0 Å². The Kier molecular flexibility index (Phi) is 7.01. The van der Waals surface area contributed by atoms with Crippen LogP contribution in [0.5, 0.6) is 5.75 Å². The molecular formula is C19H21N11O10P2S2. The van der Waals surface area contributed by atoms with Crippen molar-refractivity contribution >= 4 is 66.5 Å². The number of aromatic amines is 1. The number of hydrogen-bond acceptors (Lipinski definition) is 19. The molecule has 0 aliphatic carbocycles. The molecule has 3 aromatic rings. The van der Waals surface area contributed by atoms with Gasteiger partial charge in [-0.25, -0.2) is 14.6 Å². The monoisotopic (exact) mass is 689 g/mol. The van der Waals surface area contributed by atoms with Crippen molar-refractivity contribution < 1.29 is 41.6 Å². The molecule has 1 fully saturated rings. The van der Waals surface area contributed by atoms with Crippen LogP contribution >= 0.6 is 38.6 Å². The number of H-pyrrole nitrogens is 1. The van der Waals surface area contributed by atoms with Crippen LogP contribution < -0.4 is 37.6 Å². The average molecular weight is 690 g/mol. The molecule has 10 N–H and O–H groups in total. The number of anilines is 1. The Balaban J connectivity index is 1.26. The summed E-state index contributed by atoms with van der Waals surface area (Å²) in [7, 11) is -4.93. The highest BCUT2D eigenvalue weighted by molar-refractivity contribution is 8.44. The van der Waals surface area contributed by atoms with Crippen molar-refractivity contribution in [3.05, 3.63) is 51.1 Å². The zero-order chi connectivity index (χ0) is 31.0. The Morgan fingerprint density at radius 2 is 2.09 bits per heavy atom. The fourth-order valence-corrected chi connectivity index (χ4v) is 7.53. The van der Waals surface area contributed by atoms with Crippen molar-refractivity contribution in [2.24, 2.45) is 5.73 Å². The largest absolute Gasteiger partial charge is 0.584 e. The number of furan rings is 1. The number of fused-ring (bicyclic) bond motifs is 5. The zero-order valence-electron chi connectivity index (χ0n) is 21.7. The van der Waals surface area contributed by atoms with Gasteiger partial charge in [0.2, 0.25) is 5.95 Å². The summed E-state index contributed by atoms with van der Waals surface area (Å²) in [5.74, 6) is -0.988. The average Bonchev–Trinajstić information content (AvgIpc) is 3.72. The lowest BCUT2D eigenvalue weighted by molar-refractivity contribution is 0.114. The fourth-order valence-electron chi connectivity index (χ4n) is 4.49. The van der Waals surface area contributed by atoms with Crippen LogP contribution in [0.15, 0.2) is 38.4 Å². The molecular weight excluding hydrogens is 668 g/mol. The predicted molar refractivity (Wildman–Crippen MR) is 154 cm³/mol. The normalized spacial score (nSPS) is 31.6. The highest BCUT2D eigenvalue weighted by Crippen LogP contribution is 2.60. The third kappa shape index (κ3) is 5.15. The number of nitrogen functional groups attached to an aromatic ring is 1. The second-order valence-electron chi connectivity index (χ2n) is 9.29. The second-order valence-corrected chi connectivity index (χ2v) is 14.5. The smallest absolute Gasteiger partial charge is 0.453 e. The molecule has 25 heteroatoms. The molecule has 3 aromatic heterocycles. The van der Waals surface area contributed by atoms with Gasteiger partial charge >= 0.3 is 14.6 Å². The summed E-state index contributed by atoms with van der Waals surface area (Å²) in [5.41, 5.74) is 14.3. The maximum Gasteiger partial charge on any atom is 0.584 e. The van der Waals surface area contributed by atoms with Crippen LogP contribution in [-0.4, -0.2) is 65.1 Å². The number of aromatic nitrogens is 5. The number of hydrogen-bond donors (Lipinski definition) is 9. The number of nitrogens with zero attached hydrogens (tertiary/aromatic N) is 5. The maximum absolute atomic E-state index is 13.4. The second kappa shape index (κ2) is 10.5. The Morgan fingerprint density at radius 3 is 2.91 bits per heavy atom. The molecule has 44 heavy (non-hydrogen) atoms. The highest BCUT2D eigenvalue weighted by atomic mass is 32.7. The molecule has 4 aliphatic rings. The third-order valence-electron chi connectivity index (χ3n) is 6.43. The van der Waals surface area contributed by atoms with E-state index in [4.69, 9.17) is 34.0 Å². The first-order chi connectivity index (χ1) is 20.9. The molecule has 234 valence electrons. The number of thiol groups is 1. The molecule has 1 saturated heterocycles. The number of hydrazine groups is 1. The molecule has 2 bridgehead atoms. The van der Waals surface area contributed by atoms with Gasteiger partial charge in [-0.3, -0.25) is 29.5 Å². The summed E-state index contributed by atoms with van der Waals surface area (Å²) in [6, 6.07) is 1.31.